The van der Waals surface area contributed by atoms with Gasteiger partial charge in [-0.2, -0.15) is 0 Å². The van der Waals surface area contributed by atoms with E-state index in [1.807, 2.05) is 24.3 Å². The third-order valence-electron chi connectivity index (χ3n) is 2.87. The lowest BCUT2D eigenvalue weighted by Gasteiger charge is -2.10. The van der Waals surface area contributed by atoms with Gasteiger partial charge in [0.05, 0.1) is 17.3 Å². The number of aromatic nitrogens is 2. The van der Waals surface area contributed by atoms with Crippen molar-refractivity contribution in [1.29, 1.82) is 5.41 Å². The molecule has 104 valence electrons. The van der Waals surface area contributed by atoms with Crippen molar-refractivity contribution in [2.75, 3.05) is 0 Å². The quantitative estimate of drug-likeness (QED) is 0.563. The van der Waals surface area contributed by atoms with E-state index in [1.54, 1.807) is 24.5 Å². The van der Waals surface area contributed by atoms with E-state index in [-0.39, 0.29) is 5.84 Å². The molecule has 0 aliphatic carbocycles. The van der Waals surface area contributed by atoms with Crippen LogP contribution in [0, 0.1) is 5.41 Å². The number of hydrogen-bond donors (Lipinski definition) is 2. The van der Waals surface area contributed by atoms with Crippen molar-refractivity contribution in [2.24, 2.45) is 5.73 Å². The summed E-state index contributed by atoms with van der Waals surface area (Å²) in [5, 5.41) is 8.60. The fraction of sp³-hybridized carbons (Fsp3) is 0. The summed E-state index contributed by atoms with van der Waals surface area (Å²) in [6, 6.07) is 11.2. The monoisotopic (exact) mass is 342 g/mol. The molecule has 0 amide bonds. The van der Waals surface area contributed by atoms with Crippen molar-refractivity contribution in [3.63, 3.8) is 0 Å². The Morgan fingerprint density at radius 2 is 2.00 bits per heavy atom. The zero-order valence-electron chi connectivity index (χ0n) is 10.9. The lowest BCUT2D eigenvalue weighted by Crippen LogP contribution is -2.13. The van der Waals surface area contributed by atoms with Crippen LogP contribution in [0.15, 0.2) is 53.3 Å². The summed E-state index contributed by atoms with van der Waals surface area (Å²) in [4.78, 5) is 8.47. The highest BCUT2D eigenvalue weighted by molar-refractivity contribution is 9.10. The van der Waals surface area contributed by atoms with Gasteiger partial charge in [-0.15, -0.1) is 0 Å². The van der Waals surface area contributed by atoms with Crippen molar-refractivity contribution < 1.29 is 4.74 Å². The van der Waals surface area contributed by atoms with Gasteiger partial charge in [0.15, 0.2) is 0 Å². The maximum atomic E-state index is 7.69. The van der Waals surface area contributed by atoms with Gasteiger partial charge in [-0.3, -0.25) is 10.4 Å². The fourth-order valence-corrected chi connectivity index (χ4v) is 2.27. The topological polar surface area (TPSA) is 84.9 Å². The Bertz CT molecular complexity index is 835. The van der Waals surface area contributed by atoms with Crippen molar-refractivity contribution in [3.8, 4) is 11.6 Å². The number of para-hydroxylation sites is 1. The van der Waals surface area contributed by atoms with Crippen LogP contribution in [0.3, 0.4) is 0 Å². The van der Waals surface area contributed by atoms with Crippen molar-refractivity contribution in [1.82, 2.24) is 9.97 Å². The van der Waals surface area contributed by atoms with Gasteiger partial charge in [0.25, 0.3) is 0 Å². The number of hydrogen-bond acceptors (Lipinski definition) is 4. The first-order valence-corrected chi connectivity index (χ1v) is 6.95. The number of pyridine rings is 2. The first kappa shape index (κ1) is 13.5. The third kappa shape index (κ3) is 2.85. The Morgan fingerprint density at radius 1 is 1.19 bits per heavy atom. The molecule has 6 heteroatoms. The summed E-state index contributed by atoms with van der Waals surface area (Å²) in [5.41, 5.74) is 6.86. The highest BCUT2D eigenvalue weighted by Crippen LogP contribution is 2.27. The van der Waals surface area contributed by atoms with Crippen LogP contribution in [0.25, 0.3) is 10.9 Å². The van der Waals surface area contributed by atoms with E-state index in [1.165, 1.54) is 0 Å². The van der Waals surface area contributed by atoms with E-state index in [9.17, 15) is 0 Å². The normalized spacial score (nSPS) is 10.5. The standard InChI is InChI=1S/C15H11BrN4O/c16-10-6-11(8-19-7-10)21-15-12(14(17)18)5-9-3-1-2-4-13(9)20-15/h1-8H,(H3,17,18). The van der Waals surface area contributed by atoms with Gasteiger partial charge in [-0.05, 0) is 34.1 Å². The zero-order valence-corrected chi connectivity index (χ0v) is 12.5. The smallest absolute Gasteiger partial charge is 0.230 e. The molecule has 2 aromatic heterocycles. The van der Waals surface area contributed by atoms with Gasteiger partial charge >= 0.3 is 0 Å². The van der Waals surface area contributed by atoms with Crippen molar-refractivity contribution in [2.45, 2.75) is 0 Å². The van der Waals surface area contributed by atoms with Crippen LogP contribution >= 0.6 is 15.9 Å². The summed E-state index contributed by atoms with van der Waals surface area (Å²) in [7, 11) is 0. The number of nitrogens with one attached hydrogen (secondary N) is 1. The average Bonchev–Trinajstić information content (AvgIpc) is 2.46. The van der Waals surface area contributed by atoms with E-state index in [0.29, 0.717) is 17.2 Å². The predicted octanol–water partition coefficient (Wildman–Crippen LogP) is 3.47. The molecule has 0 fully saturated rings. The van der Waals surface area contributed by atoms with Gasteiger partial charge < -0.3 is 10.5 Å². The van der Waals surface area contributed by atoms with Crippen LogP contribution in [-0.4, -0.2) is 15.8 Å². The largest absolute Gasteiger partial charge is 0.437 e. The number of amidine groups is 1. The molecule has 0 unspecified atom stereocenters. The minimum atomic E-state index is -0.0915. The van der Waals surface area contributed by atoms with Crippen LogP contribution in [-0.2, 0) is 0 Å². The fourth-order valence-electron chi connectivity index (χ4n) is 1.93. The lowest BCUT2D eigenvalue weighted by atomic mass is 10.1. The Labute approximate surface area is 129 Å². The van der Waals surface area contributed by atoms with E-state index < -0.39 is 0 Å². The van der Waals surface area contributed by atoms with Gasteiger partial charge in [-0.25, -0.2) is 4.98 Å². The molecular weight excluding hydrogens is 332 g/mol. The third-order valence-corrected chi connectivity index (χ3v) is 3.31. The van der Waals surface area contributed by atoms with E-state index in [4.69, 9.17) is 15.9 Å². The lowest BCUT2D eigenvalue weighted by molar-refractivity contribution is 0.461. The number of benzene rings is 1. The van der Waals surface area contributed by atoms with Crippen LogP contribution < -0.4 is 10.5 Å². The minimum absolute atomic E-state index is 0.0915. The molecule has 0 atom stereocenters. The van der Waals surface area contributed by atoms with Gasteiger partial charge in [0.2, 0.25) is 5.88 Å². The molecule has 0 radical (unpaired) electrons. The van der Waals surface area contributed by atoms with Gasteiger partial charge in [0.1, 0.15) is 11.6 Å². The molecular formula is C15H11BrN4O. The number of rotatable bonds is 3. The number of ether oxygens (including phenoxy) is 1. The molecule has 1 aromatic carbocycles. The van der Waals surface area contributed by atoms with E-state index in [0.717, 1.165) is 15.4 Å². The average molecular weight is 343 g/mol. The number of fused-ring (bicyclic) bond motifs is 1. The summed E-state index contributed by atoms with van der Waals surface area (Å²) in [6.07, 6.45) is 3.23. The molecule has 5 nitrogen and oxygen atoms in total. The maximum absolute atomic E-state index is 7.69. The molecule has 0 bridgehead atoms. The highest BCUT2D eigenvalue weighted by atomic mass is 79.9. The van der Waals surface area contributed by atoms with Gasteiger partial charge in [-0.1, -0.05) is 18.2 Å². The second kappa shape index (κ2) is 5.49. The van der Waals surface area contributed by atoms with Gasteiger partial charge in [0, 0.05) is 16.1 Å². The molecule has 3 N–H and O–H groups in total. The molecule has 0 spiro atoms. The summed E-state index contributed by atoms with van der Waals surface area (Å²) in [5.74, 6) is 0.724. The van der Waals surface area contributed by atoms with E-state index in [2.05, 4.69) is 25.9 Å². The van der Waals surface area contributed by atoms with Crippen LogP contribution in [0.5, 0.6) is 11.6 Å². The van der Waals surface area contributed by atoms with Crippen molar-refractivity contribution in [3.05, 3.63) is 58.8 Å². The number of nitrogens with zero attached hydrogens (tertiary/aromatic N) is 2. The predicted molar refractivity (Wildman–Crippen MR) is 84.8 cm³/mol. The van der Waals surface area contributed by atoms with E-state index >= 15 is 0 Å². The first-order chi connectivity index (χ1) is 10.1. The second-order valence-electron chi connectivity index (χ2n) is 4.39. The Kier molecular flexibility index (Phi) is 3.53. The Morgan fingerprint density at radius 3 is 2.76 bits per heavy atom. The molecule has 0 saturated heterocycles. The summed E-state index contributed by atoms with van der Waals surface area (Å²) in [6.45, 7) is 0. The molecule has 3 aromatic rings. The Balaban J connectivity index is 2.11. The molecule has 0 aliphatic heterocycles. The molecule has 3 rings (SSSR count). The number of nitrogen functional groups attached to an aromatic ring is 1. The summed E-state index contributed by atoms with van der Waals surface area (Å²) >= 11 is 3.33. The maximum Gasteiger partial charge on any atom is 0.230 e. The number of halogens is 1. The first-order valence-electron chi connectivity index (χ1n) is 6.16. The van der Waals surface area contributed by atoms with Crippen LogP contribution in [0.1, 0.15) is 5.56 Å². The summed E-state index contributed by atoms with van der Waals surface area (Å²) < 4.78 is 6.53. The number of nitrogens with two attached hydrogens (primary N) is 1. The second-order valence-corrected chi connectivity index (χ2v) is 5.30. The molecule has 2 heterocycles. The Hall–Kier alpha value is -2.47. The highest BCUT2D eigenvalue weighted by Gasteiger charge is 2.12. The molecule has 0 aliphatic rings. The zero-order chi connectivity index (χ0) is 14.8. The van der Waals surface area contributed by atoms with Crippen molar-refractivity contribution >= 4 is 32.7 Å². The molecule has 21 heavy (non-hydrogen) atoms. The van der Waals surface area contributed by atoms with Crippen LogP contribution in [0.4, 0.5) is 0 Å². The SMILES string of the molecule is N=C(N)c1cc2ccccc2nc1Oc1cncc(Br)c1. The minimum Gasteiger partial charge on any atom is -0.437 e. The molecule has 0 saturated carbocycles. The van der Waals surface area contributed by atoms with Crippen LogP contribution in [0.2, 0.25) is 0 Å².